The summed E-state index contributed by atoms with van der Waals surface area (Å²) >= 11 is 0. The van der Waals surface area contributed by atoms with E-state index in [1.165, 1.54) is 12.1 Å². The zero-order valence-corrected chi connectivity index (χ0v) is 10.7. The van der Waals surface area contributed by atoms with Gasteiger partial charge in [-0.3, -0.25) is 0 Å². The van der Waals surface area contributed by atoms with E-state index in [0.29, 0.717) is 5.56 Å². The van der Waals surface area contributed by atoms with Crippen LogP contribution >= 0.6 is 0 Å². The van der Waals surface area contributed by atoms with E-state index in [0.717, 1.165) is 12.1 Å². The molecule has 0 aliphatic heterocycles. The van der Waals surface area contributed by atoms with Crippen LogP contribution in [-0.2, 0) is 4.74 Å². The lowest BCUT2D eigenvalue weighted by molar-refractivity contribution is -0.274. The molecule has 0 spiro atoms. The van der Waals surface area contributed by atoms with Crippen molar-refractivity contribution >= 4 is 5.97 Å². The molecule has 1 heterocycles. The maximum atomic E-state index is 12.0. The van der Waals surface area contributed by atoms with Crippen LogP contribution in [0.25, 0.3) is 11.5 Å². The number of ether oxygens (including phenoxy) is 2. The SMILES string of the molecule is CCOC(=O)c1nnc(-c2ccc(OC(F)(F)F)cc2)o1. The molecule has 0 unspecified atom stereocenters. The maximum absolute atomic E-state index is 12.0. The number of hydrogen-bond acceptors (Lipinski definition) is 6. The molecule has 0 fully saturated rings. The smallest absolute Gasteiger partial charge is 0.459 e. The quantitative estimate of drug-likeness (QED) is 0.808. The molecule has 21 heavy (non-hydrogen) atoms. The molecule has 1 aromatic carbocycles. The van der Waals surface area contributed by atoms with Crippen LogP contribution in [0.1, 0.15) is 17.6 Å². The van der Waals surface area contributed by atoms with E-state index in [1.807, 2.05) is 0 Å². The Hall–Kier alpha value is -2.58. The predicted molar refractivity (Wildman–Crippen MR) is 62.4 cm³/mol. The highest BCUT2D eigenvalue weighted by molar-refractivity contribution is 5.84. The Morgan fingerprint density at radius 1 is 1.24 bits per heavy atom. The molecule has 0 amide bonds. The number of nitrogens with zero attached hydrogens (tertiary/aromatic N) is 2. The van der Waals surface area contributed by atoms with Gasteiger partial charge in [-0.2, -0.15) is 0 Å². The van der Waals surface area contributed by atoms with Crippen LogP contribution in [0.5, 0.6) is 5.75 Å². The standard InChI is InChI=1S/C12H9F3N2O4/c1-2-19-11(18)10-17-16-9(20-10)7-3-5-8(6-4-7)21-12(13,14)15/h3-6H,2H2,1H3. The van der Waals surface area contributed by atoms with Crippen molar-refractivity contribution in [2.75, 3.05) is 6.61 Å². The van der Waals surface area contributed by atoms with E-state index in [1.54, 1.807) is 6.92 Å². The Morgan fingerprint density at radius 3 is 2.48 bits per heavy atom. The van der Waals surface area contributed by atoms with E-state index >= 15 is 0 Å². The molecular formula is C12H9F3N2O4. The summed E-state index contributed by atoms with van der Waals surface area (Å²) in [6.45, 7) is 1.77. The molecule has 2 rings (SSSR count). The summed E-state index contributed by atoms with van der Waals surface area (Å²) in [5, 5.41) is 7.10. The fourth-order valence-corrected chi connectivity index (χ4v) is 1.41. The van der Waals surface area contributed by atoms with Crippen LogP contribution in [0.4, 0.5) is 13.2 Å². The van der Waals surface area contributed by atoms with Gasteiger partial charge in [0.2, 0.25) is 5.89 Å². The summed E-state index contributed by atoms with van der Waals surface area (Å²) in [5.74, 6) is -1.50. The molecule has 0 N–H and O–H groups in total. The molecule has 0 aliphatic carbocycles. The normalized spacial score (nSPS) is 11.2. The van der Waals surface area contributed by atoms with Crippen LogP contribution in [0, 0.1) is 0 Å². The van der Waals surface area contributed by atoms with Gasteiger partial charge in [-0.05, 0) is 31.2 Å². The Balaban J connectivity index is 2.14. The van der Waals surface area contributed by atoms with E-state index < -0.39 is 12.3 Å². The van der Waals surface area contributed by atoms with Gasteiger partial charge in [0.05, 0.1) is 6.61 Å². The second-order valence-electron chi connectivity index (χ2n) is 3.71. The summed E-state index contributed by atoms with van der Waals surface area (Å²) in [6.07, 6.45) is -4.76. The third-order valence-corrected chi connectivity index (χ3v) is 2.21. The Kier molecular flexibility index (Phi) is 4.10. The van der Waals surface area contributed by atoms with Crippen molar-refractivity contribution in [3.63, 3.8) is 0 Å². The van der Waals surface area contributed by atoms with E-state index in [4.69, 9.17) is 4.42 Å². The lowest BCUT2D eigenvalue weighted by Crippen LogP contribution is -2.16. The van der Waals surface area contributed by atoms with Gasteiger partial charge >= 0.3 is 18.2 Å². The topological polar surface area (TPSA) is 74.5 Å². The summed E-state index contributed by atoms with van der Waals surface area (Å²) < 4.78 is 49.5. The van der Waals surface area contributed by atoms with Crippen LogP contribution in [0.2, 0.25) is 0 Å². The monoisotopic (exact) mass is 302 g/mol. The number of esters is 1. The minimum absolute atomic E-state index is 0.0170. The van der Waals surface area contributed by atoms with Crippen LogP contribution in [-0.4, -0.2) is 29.1 Å². The average molecular weight is 302 g/mol. The molecule has 0 aliphatic rings. The molecule has 0 saturated carbocycles. The largest absolute Gasteiger partial charge is 0.573 e. The third-order valence-electron chi connectivity index (χ3n) is 2.21. The zero-order chi connectivity index (χ0) is 15.5. The number of hydrogen-bond donors (Lipinski definition) is 0. The molecular weight excluding hydrogens is 293 g/mol. The highest BCUT2D eigenvalue weighted by Crippen LogP contribution is 2.25. The van der Waals surface area contributed by atoms with Gasteiger partial charge in [-0.15, -0.1) is 23.4 Å². The minimum Gasteiger partial charge on any atom is -0.459 e. The first kappa shape index (κ1) is 14.8. The van der Waals surface area contributed by atoms with Gasteiger partial charge in [0.15, 0.2) is 0 Å². The molecule has 2 aromatic rings. The highest BCUT2D eigenvalue weighted by Gasteiger charge is 2.31. The summed E-state index contributed by atoms with van der Waals surface area (Å²) in [7, 11) is 0. The third kappa shape index (κ3) is 3.94. The molecule has 0 radical (unpaired) electrons. The van der Waals surface area contributed by atoms with Gasteiger partial charge < -0.3 is 13.9 Å². The molecule has 6 nitrogen and oxygen atoms in total. The van der Waals surface area contributed by atoms with Crippen molar-refractivity contribution in [2.24, 2.45) is 0 Å². The van der Waals surface area contributed by atoms with Crippen molar-refractivity contribution in [1.29, 1.82) is 0 Å². The van der Waals surface area contributed by atoms with Crippen molar-refractivity contribution < 1.29 is 31.9 Å². The first-order valence-electron chi connectivity index (χ1n) is 5.76. The first-order chi connectivity index (χ1) is 9.89. The summed E-state index contributed by atoms with van der Waals surface area (Å²) in [5.41, 5.74) is 0.340. The van der Waals surface area contributed by atoms with E-state index in [9.17, 15) is 18.0 Å². The molecule has 9 heteroatoms. The van der Waals surface area contributed by atoms with E-state index in [-0.39, 0.29) is 24.1 Å². The zero-order valence-electron chi connectivity index (χ0n) is 10.7. The summed E-state index contributed by atoms with van der Waals surface area (Å²) in [6, 6.07) is 4.78. The van der Waals surface area contributed by atoms with Crippen LogP contribution in [0.3, 0.4) is 0 Å². The van der Waals surface area contributed by atoms with Crippen LogP contribution < -0.4 is 4.74 Å². The Labute approximate surface area is 116 Å². The number of aromatic nitrogens is 2. The number of benzene rings is 1. The van der Waals surface area contributed by atoms with Crippen molar-refractivity contribution in [3.05, 3.63) is 30.2 Å². The lowest BCUT2D eigenvalue weighted by Gasteiger charge is -2.08. The molecule has 112 valence electrons. The van der Waals surface area contributed by atoms with Gasteiger partial charge in [0, 0.05) is 5.56 Å². The fourth-order valence-electron chi connectivity index (χ4n) is 1.41. The number of carbonyl (C=O) groups excluding carboxylic acids is 1. The minimum atomic E-state index is -4.76. The van der Waals surface area contributed by atoms with Gasteiger partial charge in [-0.25, -0.2) is 4.79 Å². The van der Waals surface area contributed by atoms with Crippen LogP contribution in [0.15, 0.2) is 28.7 Å². The number of carbonyl (C=O) groups is 1. The van der Waals surface area contributed by atoms with Crippen molar-refractivity contribution in [1.82, 2.24) is 10.2 Å². The second-order valence-corrected chi connectivity index (χ2v) is 3.71. The molecule has 0 bridgehead atoms. The Bertz CT molecular complexity index is 622. The fraction of sp³-hybridized carbons (Fsp3) is 0.250. The second kappa shape index (κ2) is 5.81. The van der Waals surface area contributed by atoms with Gasteiger partial charge in [-0.1, -0.05) is 0 Å². The molecule has 0 atom stereocenters. The van der Waals surface area contributed by atoms with Gasteiger partial charge in [0.25, 0.3) is 0 Å². The van der Waals surface area contributed by atoms with Crippen molar-refractivity contribution in [3.8, 4) is 17.2 Å². The molecule has 1 aromatic heterocycles. The Morgan fingerprint density at radius 2 is 1.90 bits per heavy atom. The summed E-state index contributed by atoms with van der Waals surface area (Å²) in [4.78, 5) is 11.3. The molecule has 0 saturated heterocycles. The van der Waals surface area contributed by atoms with Crippen molar-refractivity contribution in [2.45, 2.75) is 13.3 Å². The number of alkyl halides is 3. The predicted octanol–water partition coefficient (Wildman–Crippen LogP) is 2.81. The highest BCUT2D eigenvalue weighted by atomic mass is 19.4. The maximum Gasteiger partial charge on any atom is 0.573 e. The lowest BCUT2D eigenvalue weighted by atomic mass is 10.2. The average Bonchev–Trinajstić information content (AvgIpc) is 2.87. The number of halogens is 3. The first-order valence-corrected chi connectivity index (χ1v) is 5.76. The number of rotatable bonds is 4. The van der Waals surface area contributed by atoms with E-state index in [2.05, 4.69) is 19.7 Å². The van der Waals surface area contributed by atoms with Gasteiger partial charge in [0.1, 0.15) is 5.75 Å².